The second-order valence-electron chi connectivity index (χ2n) is 4.65. The molecule has 0 saturated heterocycles. The van der Waals surface area contributed by atoms with E-state index in [0.717, 1.165) is 4.47 Å². The van der Waals surface area contributed by atoms with Gasteiger partial charge in [0.25, 0.3) is 5.69 Å². The number of hydrogen-bond acceptors (Lipinski definition) is 4. The Morgan fingerprint density at radius 1 is 1.33 bits per heavy atom. The number of halogens is 1. The molecule has 0 N–H and O–H groups in total. The van der Waals surface area contributed by atoms with E-state index in [9.17, 15) is 15.4 Å². The zero-order chi connectivity index (χ0) is 17.5. The number of allylic oxidation sites excluding steroid dienone is 1. The van der Waals surface area contributed by atoms with Gasteiger partial charge < -0.3 is 4.74 Å². The van der Waals surface area contributed by atoms with Gasteiger partial charge in [0.05, 0.1) is 16.6 Å². The van der Waals surface area contributed by atoms with Crippen LogP contribution in [0.2, 0.25) is 0 Å². The lowest BCUT2D eigenvalue weighted by molar-refractivity contribution is -0.384. The van der Waals surface area contributed by atoms with E-state index < -0.39 is 4.92 Å². The molecule has 0 aromatic heterocycles. The lowest BCUT2D eigenvalue weighted by atomic mass is 10.0. The van der Waals surface area contributed by atoms with Crippen LogP contribution in [0, 0.1) is 33.8 Å². The van der Waals surface area contributed by atoms with Crippen LogP contribution in [0.4, 0.5) is 5.69 Å². The average molecular weight is 383 g/mol. The van der Waals surface area contributed by atoms with E-state index in [2.05, 4.69) is 27.9 Å². The van der Waals surface area contributed by atoms with Crippen molar-refractivity contribution in [3.05, 3.63) is 68.2 Å². The first kappa shape index (κ1) is 17.3. The second kappa shape index (κ2) is 7.96. The van der Waals surface area contributed by atoms with Crippen molar-refractivity contribution in [3.8, 4) is 24.2 Å². The van der Waals surface area contributed by atoms with Crippen molar-refractivity contribution in [2.24, 2.45) is 0 Å². The number of nitro groups is 1. The molecule has 0 radical (unpaired) electrons. The van der Waals surface area contributed by atoms with Gasteiger partial charge in [-0.1, -0.05) is 34.0 Å². The van der Waals surface area contributed by atoms with Crippen LogP contribution in [0.3, 0.4) is 0 Å². The Labute approximate surface area is 147 Å². The molecule has 0 unspecified atom stereocenters. The van der Waals surface area contributed by atoms with E-state index in [1.165, 1.54) is 18.2 Å². The highest BCUT2D eigenvalue weighted by atomic mass is 79.9. The van der Waals surface area contributed by atoms with Gasteiger partial charge in [-0.2, -0.15) is 5.26 Å². The van der Waals surface area contributed by atoms with Crippen LogP contribution in [0.15, 0.2) is 46.9 Å². The zero-order valence-electron chi connectivity index (χ0n) is 12.4. The fourth-order valence-electron chi connectivity index (χ4n) is 1.98. The highest BCUT2D eigenvalue weighted by Gasteiger charge is 2.12. The van der Waals surface area contributed by atoms with Crippen LogP contribution < -0.4 is 4.74 Å². The number of nitrogens with zero attached hydrogens (tertiary/aromatic N) is 2. The fourth-order valence-corrected chi connectivity index (χ4v) is 2.24. The van der Waals surface area contributed by atoms with Crippen molar-refractivity contribution in [2.45, 2.75) is 0 Å². The molecule has 0 bridgehead atoms. The quantitative estimate of drug-likeness (QED) is 0.252. The van der Waals surface area contributed by atoms with E-state index in [1.54, 1.807) is 18.2 Å². The number of non-ortho nitro benzene ring substituents is 1. The molecule has 2 rings (SSSR count). The van der Waals surface area contributed by atoms with Crippen molar-refractivity contribution in [1.82, 2.24) is 0 Å². The highest BCUT2D eigenvalue weighted by molar-refractivity contribution is 9.10. The molecule has 118 valence electrons. The molecule has 0 spiro atoms. The third-order valence-electron chi connectivity index (χ3n) is 3.09. The second-order valence-corrected chi connectivity index (χ2v) is 5.56. The van der Waals surface area contributed by atoms with Crippen molar-refractivity contribution >= 4 is 33.3 Å². The lowest BCUT2D eigenvalue weighted by Gasteiger charge is -2.07. The summed E-state index contributed by atoms with van der Waals surface area (Å²) in [7, 11) is 0. The van der Waals surface area contributed by atoms with E-state index in [0.29, 0.717) is 22.4 Å². The Balaban J connectivity index is 2.52. The van der Waals surface area contributed by atoms with Gasteiger partial charge in [-0.05, 0) is 29.8 Å². The van der Waals surface area contributed by atoms with Crippen LogP contribution in [0.25, 0.3) is 11.6 Å². The maximum atomic E-state index is 11.0. The summed E-state index contributed by atoms with van der Waals surface area (Å²) in [5.74, 6) is 2.72. The summed E-state index contributed by atoms with van der Waals surface area (Å²) in [6.45, 7) is 0.0266. The molecule has 0 fully saturated rings. The van der Waals surface area contributed by atoms with E-state index in [-0.39, 0.29) is 12.3 Å². The topological polar surface area (TPSA) is 76.2 Å². The largest absolute Gasteiger partial charge is 0.480 e. The minimum Gasteiger partial charge on any atom is -0.480 e. The first-order valence-electron chi connectivity index (χ1n) is 6.77. The van der Waals surface area contributed by atoms with Crippen LogP contribution in [0.1, 0.15) is 11.1 Å². The lowest BCUT2D eigenvalue weighted by Crippen LogP contribution is -1.97. The first-order chi connectivity index (χ1) is 11.5. The molecule has 0 atom stereocenters. The monoisotopic (exact) mass is 382 g/mol. The minimum atomic E-state index is -0.506. The Kier molecular flexibility index (Phi) is 5.73. The number of nitriles is 1. The van der Waals surface area contributed by atoms with Gasteiger partial charge in [0.1, 0.15) is 12.4 Å². The Bertz CT molecular complexity index is 875. The number of rotatable bonds is 5. The minimum absolute atomic E-state index is 0.0266. The summed E-state index contributed by atoms with van der Waals surface area (Å²) < 4.78 is 6.29. The summed E-state index contributed by atoms with van der Waals surface area (Å²) in [5, 5.41) is 20.4. The first-order valence-corrected chi connectivity index (χ1v) is 7.57. The van der Waals surface area contributed by atoms with Crippen molar-refractivity contribution in [2.75, 3.05) is 6.61 Å². The SMILES string of the molecule is C#CCOc1ccc([N+](=O)[O-])cc1/C=C(\C#N)c1ccc(Br)cc1. The third-order valence-corrected chi connectivity index (χ3v) is 3.62. The van der Waals surface area contributed by atoms with Crippen molar-refractivity contribution in [3.63, 3.8) is 0 Å². The summed E-state index contributed by atoms with van der Waals surface area (Å²) in [6.07, 6.45) is 6.73. The molecule has 2 aromatic rings. The zero-order valence-corrected chi connectivity index (χ0v) is 14.0. The number of terminal acetylenes is 1. The number of hydrogen-bond donors (Lipinski definition) is 0. The van der Waals surface area contributed by atoms with Gasteiger partial charge >= 0.3 is 0 Å². The van der Waals surface area contributed by atoms with Crippen molar-refractivity contribution in [1.29, 1.82) is 5.26 Å². The van der Waals surface area contributed by atoms with Gasteiger partial charge in [0.15, 0.2) is 0 Å². The molecule has 0 amide bonds. The van der Waals surface area contributed by atoms with Crippen LogP contribution in [-0.2, 0) is 0 Å². The Morgan fingerprint density at radius 2 is 2.04 bits per heavy atom. The average Bonchev–Trinajstić information content (AvgIpc) is 2.59. The van der Waals surface area contributed by atoms with Crippen LogP contribution in [-0.4, -0.2) is 11.5 Å². The van der Waals surface area contributed by atoms with Crippen LogP contribution in [0.5, 0.6) is 5.75 Å². The van der Waals surface area contributed by atoms with E-state index in [4.69, 9.17) is 11.2 Å². The van der Waals surface area contributed by atoms with Crippen LogP contribution >= 0.6 is 15.9 Å². The number of nitro benzene ring substituents is 1. The molecule has 0 aliphatic rings. The highest BCUT2D eigenvalue weighted by Crippen LogP contribution is 2.29. The number of ether oxygens (including phenoxy) is 1. The predicted molar refractivity (Wildman–Crippen MR) is 95.1 cm³/mol. The summed E-state index contributed by atoms with van der Waals surface area (Å²) in [5.41, 5.74) is 1.37. The maximum Gasteiger partial charge on any atom is 0.270 e. The van der Waals surface area contributed by atoms with Gasteiger partial charge in [-0.3, -0.25) is 10.1 Å². The smallest absolute Gasteiger partial charge is 0.270 e. The standard InChI is InChI=1S/C18H11BrN2O3/c1-2-9-24-18-8-7-17(21(22)23)11-14(18)10-15(12-20)13-3-5-16(19)6-4-13/h1,3-8,10-11H,9H2/b15-10+. The molecule has 5 nitrogen and oxygen atoms in total. The Morgan fingerprint density at radius 3 is 2.62 bits per heavy atom. The summed E-state index contributed by atoms with van der Waals surface area (Å²) >= 11 is 3.33. The summed E-state index contributed by atoms with van der Waals surface area (Å²) in [4.78, 5) is 10.5. The molecule has 0 aliphatic carbocycles. The molecule has 24 heavy (non-hydrogen) atoms. The molecule has 0 saturated carbocycles. The fraction of sp³-hybridized carbons (Fsp3) is 0.0556. The summed E-state index contributed by atoms with van der Waals surface area (Å²) in [6, 6.07) is 13.4. The molecular weight excluding hydrogens is 372 g/mol. The molecule has 0 aliphatic heterocycles. The van der Waals surface area contributed by atoms with Gasteiger partial charge in [0.2, 0.25) is 0 Å². The third kappa shape index (κ3) is 4.22. The van der Waals surface area contributed by atoms with Gasteiger partial charge in [-0.25, -0.2) is 0 Å². The normalized spacial score (nSPS) is 10.5. The molecule has 6 heteroatoms. The number of benzene rings is 2. The Hall–Kier alpha value is -3.09. The van der Waals surface area contributed by atoms with Gasteiger partial charge in [-0.15, -0.1) is 6.42 Å². The maximum absolute atomic E-state index is 11.0. The molecular formula is C18H11BrN2O3. The van der Waals surface area contributed by atoms with Gasteiger partial charge in [0, 0.05) is 22.2 Å². The van der Waals surface area contributed by atoms with Crippen molar-refractivity contribution < 1.29 is 9.66 Å². The predicted octanol–water partition coefficient (Wildman–Crippen LogP) is 4.43. The molecule has 2 aromatic carbocycles. The van der Waals surface area contributed by atoms with E-state index >= 15 is 0 Å². The van der Waals surface area contributed by atoms with E-state index in [1.807, 2.05) is 12.1 Å². The molecule has 0 heterocycles.